The lowest BCUT2D eigenvalue weighted by Crippen LogP contribution is -2.05. The van der Waals surface area contributed by atoms with Gasteiger partial charge in [0.2, 0.25) is 0 Å². The molecule has 2 N–H and O–H groups in total. The van der Waals surface area contributed by atoms with Gasteiger partial charge in [0, 0.05) is 5.02 Å². The van der Waals surface area contributed by atoms with Gasteiger partial charge in [-0.25, -0.2) is 0 Å². The molecule has 0 amide bonds. The molecule has 0 aromatic heterocycles. The van der Waals surface area contributed by atoms with E-state index in [1.807, 2.05) is 12.1 Å². The summed E-state index contributed by atoms with van der Waals surface area (Å²) in [6, 6.07) is 16.9. The van der Waals surface area contributed by atoms with Crippen molar-refractivity contribution in [3.8, 4) is 0 Å². The predicted octanol–water partition coefficient (Wildman–Crippen LogP) is 4.49. The second kappa shape index (κ2) is 6.46. The van der Waals surface area contributed by atoms with Crippen LogP contribution in [0.2, 0.25) is 5.02 Å². The van der Waals surface area contributed by atoms with Crippen molar-refractivity contribution in [3.63, 3.8) is 0 Å². The molecule has 0 unspecified atom stereocenters. The maximum Gasteiger partial charge on any atom is 0.0406 e. The zero-order chi connectivity index (χ0) is 14.7. The van der Waals surface area contributed by atoms with Crippen molar-refractivity contribution in [2.75, 3.05) is 6.54 Å². The minimum atomic E-state index is 0.551. The van der Waals surface area contributed by atoms with Crippen molar-refractivity contribution in [2.45, 2.75) is 19.3 Å². The van der Waals surface area contributed by atoms with Crippen LogP contribution in [-0.4, -0.2) is 6.54 Å². The van der Waals surface area contributed by atoms with E-state index in [4.69, 9.17) is 17.3 Å². The summed E-state index contributed by atoms with van der Waals surface area (Å²) in [7, 11) is 0. The molecule has 21 heavy (non-hydrogen) atoms. The Morgan fingerprint density at radius 2 is 1.67 bits per heavy atom. The van der Waals surface area contributed by atoms with Gasteiger partial charge in [-0.15, -0.1) is 0 Å². The Bertz CT molecular complexity index is 618. The van der Waals surface area contributed by atoms with Gasteiger partial charge in [0.1, 0.15) is 0 Å². The first-order valence-corrected chi connectivity index (χ1v) is 7.88. The van der Waals surface area contributed by atoms with Gasteiger partial charge in [0.05, 0.1) is 0 Å². The first-order chi connectivity index (χ1) is 10.3. The van der Waals surface area contributed by atoms with Crippen molar-refractivity contribution in [1.82, 2.24) is 0 Å². The second-order valence-corrected chi connectivity index (χ2v) is 6.05. The summed E-state index contributed by atoms with van der Waals surface area (Å²) >= 11 is 6.01. The highest BCUT2D eigenvalue weighted by atomic mass is 35.5. The lowest BCUT2D eigenvalue weighted by molar-refractivity contribution is 0.721. The van der Waals surface area contributed by atoms with Gasteiger partial charge in [0.25, 0.3) is 0 Å². The van der Waals surface area contributed by atoms with Crippen LogP contribution in [0.4, 0.5) is 0 Å². The highest BCUT2D eigenvalue weighted by Crippen LogP contribution is 2.36. The Balaban J connectivity index is 1.89. The van der Waals surface area contributed by atoms with E-state index < -0.39 is 0 Å². The van der Waals surface area contributed by atoms with Gasteiger partial charge < -0.3 is 5.73 Å². The molecule has 2 aromatic rings. The summed E-state index contributed by atoms with van der Waals surface area (Å²) in [4.78, 5) is 0. The average molecular weight is 298 g/mol. The molecule has 2 aromatic carbocycles. The highest BCUT2D eigenvalue weighted by Gasteiger charge is 2.24. The molecule has 0 bridgehead atoms. The van der Waals surface area contributed by atoms with Crippen LogP contribution in [0.15, 0.2) is 54.6 Å². The van der Waals surface area contributed by atoms with E-state index in [0.29, 0.717) is 12.5 Å². The average Bonchev–Trinajstić information content (AvgIpc) is 2.93. The fraction of sp³-hybridized carbons (Fsp3) is 0.263. The molecule has 1 nitrogen and oxygen atoms in total. The molecular weight excluding hydrogens is 278 g/mol. The van der Waals surface area contributed by atoms with E-state index in [-0.39, 0.29) is 0 Å². The van der Waals surface area contributed by atoms with Gasteiger partial charge in [-0.2, -0.15) is 0 Å². The lowest BCUT2D eigenvalue weighted by atomic mass is 9.89. The smallest absolute Gasteiger partial charge is 0.0406 e. The third-order valence-corrected chi connectivity index (χ3v) is 4.45. The van der Waals surface area contributed by atoms with E-state index in [9.17, 15) is 0 Å². The summed E-state index contributed by atoms with van der Waals surface area (Å²) < 4.78 is 0. The lowest BCUT2D eigenvalue weighted by Gasteiger charge is -2.16. The number of halogens is 1. The van der Waals surface area contributed by atoms with Gasteiger partial charge in [0.15, 0.2) is 0 Å². The number of fused-ring (bicyclic) bond motifs is 1. The molecular formula is C19H20ClN. The fourth-order valence-electron chi connectivity index (χ4n) is 3.18. The molecule has 0 spiro atoms. The molecule has 0 aliphatic heterocycles. The van der Waals surface area contributed by atoms with E-state index in [1.165, 1.54) is 22.3 Å². The Morgan fingerprint density at radius 1 is 1.05 bits per heavy atom. The molecule has 2 heteroatoms. The molecule has 0 heterocycles. The summed E-state index contributed by atoms with van der Waals surface area (Å²) in [6.45, 7) is 0.691. The van der Waals surface area contributed by atoms with E-state index >= 15 is 0 Å². The number of rotatable bonds is 4. The van der Waals surface area contributed by atoms with Crippen molar-refractivity contribution in [1.29, 1.82) is 0 Å². The van der Waals surface area contributed by atoms with Crippen LogP contribution in [0, 0.1) is 5.92 Å². The standard InChI is InChI=1S/C19H20ClN/c20-18-9-7-14(8-10-18)19(6-3-11-21)17-12-15-4-1-2-5-16(15)13-17/h1-2,4-10,17H,3,11-13,21H2. The van der Waals surface area contributed by atoms with Crippen LogP contribution >= 0.6 is 11.6 Å². The number of hydrogen-bond acceptors (Lipinski definition) is 1. The van der Waals surface area contributed by atoms with E-state index in [1.54, 1.807) is 0 Å². The summed E-state index contributed by atoms with van der Waals surface area (Å²) in [5.41, 5.74) is 11.3. The molecule has 0 saturated carbocycles. The first-order valence-electron chi connectivity index (χ1n) is 7.51. The first kappa shape index (κ1) is 14.4. The van der Waals surface area contributed by atoms with Crippen LogP contribution in [0.25, 0.3) is 5.57 Å². The van der Waals surface area contributed by atoms with Crippen LogP contribution in [0.5, 0.6) is 0 Å². The summed E-state index contributed by atoms with van der Waals surface area (Å²) in [6.07, 6.45) is 5.47. The third-order valence-electron chi connectivity index (χ3n) is 4.20. The van der Waals surface area contributed by atoms with Crippen LogP contribution in [-0.2, 0) is 12.8 Å². The minimum absolute atomic E-state index is 0.551. The molecule has 1 aliphatic carbocycles. The van der Waals surface area contributed by atoms with E-state index in [0.717, 1.165) is 24.3 Å². The molecule has 3 rings (SSSR count). The maximum atomic E-state index is 6.01. The van der Waals surface area contributed by atoms with Crippen molar-refractivity contribution >= 4 is 17.2 Å². The summed E-state index contributed by atoms with van der Waals surface area (Å²) in [5.74, 6) is 0.551. The third kappa shape index (κ3) is 3.20. The Hall–Kier alpha value is -1.57. The zero-order valence-corrected chi connectivity index (χ0v) is 12.8. The maximum absolute atomic E-state index is 6.01. The topological polar surface area (TPSA) is 26.0 Å². The number of hydrogen-bond donors (Lipinski definition) is 1. The van der Waals surface area contributed by atoms with Crippen molar-refractivity contribution < 1.29 is 0 Å². The van der Waals surface area contributed by atoms with Crippen molar-refractivity contribution in [3.05, 3.63) is 76.3 Å². The number of allylic oxidation sites excluding steroid dienone is 1. The molecule has 0 radical (unpaired) electrons. The fourth-order valence-corrected chi connectivity index (χ4v) is 3.31. The predicted molar refractivity (Wildman–Crippen MR) is 90.4 cm³/mol. The quantitative estimate of drug-likeness (QED) is 0.884. The Kier molecular flexibility index (Phi) is 4.42. The van der Waals surface area contributed by atoms with Crippen LogP contribution in [0.1, 0.15) is 23.1 Å². The molecule has 0 saturated heterocycles. The monoisotopic (exact) mass is 297 g/mol. The zero-order valence-electron chi connectivity index (χ0n) is 12.1. The highest BCUT2D eigenvalue weighted by molar-refractivity contribution is 6.30. The molecule has 108 valence electrons. The van der Waals surface area contributed by atoms with Crippen LogP contribution in [0.3, 0.4) is 0 Å². The van der Waals surface area contributed by atoms with Gasteiger partial charge in [-0.1, -0.05) is 54.1 Å². The van der Waals surface area contributed by atoms with Gasteiger partial charge >= 0.3 is 0 Å². The largest absolute Gasteiger partial charge is 0.330 e. The molecule has 0 atom stereocenters. The Morgan fingerprint density at radius 3 is 2.24 bits per heavy atom. The number of nitrogens with two attached hydrogens (primary N) is 1. The van der Waals surface area contributed by atoms with E-state index in [2.05, 4.69) is 42.5 Å². The second-order valence-electron chi connectivity index (χ2n) is 5.62. The summed E-state index contributed by atoms with van der Waals surface area (Å²) in [5, 5.41) is 0.784. The van der Waals surface area contributed by atoms with Crippen LogP contribution < -0.4 is 5.73 Å². The van der Waals surface area contributed by atoms with Gasteiger partial charge in [-0.05, 0) is 66.1 Å². The number of benzene rings is 2. The SMILES string of the molecule is NCCC=C(c1ccc(Cl)cc1)C1Cc2ccccc2C1. The van der Waals surface area contributed by atoms with Crippen molar-refractivity contribution in [2.24, 2.45) is 11.7 Å². The minimum Gasteiger partial charge on any atom is -0.330 e. The molecule has 0 fully saturated rings. The van der Waals surface area contributed by atoms with Gasteiger partial charge in [-0.3, -0.25) is 0 Å². The normalized spacial score (nSPS) is 15.2. The Labute approximate surface area is 131 Å². The molecule has 1 aliphatic rings.